The summed E-state index contributed by atoms with van der Waals surface area (Å²) in [5.41, 5.74) is 10.7. The van der Waals surface area contributed by atoms with Crippen LogP contribution in [0.5, 0.6) is 0 Å². The van der Waals surface area contributed by atoms with Crippen LogP contribution in [0.25, 0.3) is 44.5 Å². The molecule has 0 aliphatic carbocycles. The molecule has 0 saturated heterocycles. The molecule has 0 spiro atoms. The fourth-order valence-electron chi connectivity index (χ4n) is 4.30. The van der Waals surface area contributed by atoms with Gasteiger partial charge in [0, 0.05) is 17.9 Å². The summed E-state index contributed by atoms with van der Waals surface area (Å²) in [5, 5.41) is 0. The van der Waals surface area contributed by atoms with Gasteiger partial charge in [-0.05, 0) is 124 Å². The molecule has 0 unspecified atom stereocenters. The maximum atomic E-state index is 3.74. The first-order chi connectivity index (χ1) is 16.8. The van der Waals surface area contributed by atoms with E-state index in [4.69, 9.17) is 0 Å². The number of aryl methyl sites for hydroxylation is 1. The average molecular weight is 712 g/mol. The van der Waals surface area contributed by atoms with Gasteiger partial charge in [-0.15, -0.1) is 0 Å². The van der Waals surface area contributed by atoms with E-state index in [0.717, 1.165) is 17.9 Å². The van der Waals surface area contributed by atoms with E-state index in [-0.39, 0.29) is 0 Å². The highest BCUT2D eigenvalue weighted by Gasteiger charge is 2.10. The Morgan fingerprint density at radius 1 is 0.343 bits per heavy atom. The van der Waals surface area contributed by atoms with Gasteiger partial charge in [-0.25, -0.2) is 0 Å². The van der Waals surface area contributed by atoms with Crippen molar-refractivity contribution in [3.05, 3.63) is 127 Å². The maximum Gasteiger partial charge on any atom is 0.0187 e. The molecule has 0 radical (unpaired) electrons. The first-order valence-electron chi connectivity index (χ1n) is 11.1. The zero-order valence-electron chi connectivity index (χ0n) is 18.8. The lowest BCUT2D eigenvalue weighted by Gasteiger charge is -2.13. The van der Waals surface area contributed by atoms with Crippen molar-refractivity contribution in [2.75, 3.05) is 0 Å². The molecular formula is C31H20Br4. The molecule has 5 aromatic carbocycles. The zero-order valence-corrected chi connectivity index (χ0v) is 25.2. The van der Waals surface area contributed by atoms with Gasteiger partial charge in [0.05, 0.1) is 0 Å². The topological polar surface area (TPSA) is 0 Å². The number of benzene rings is 5. The Morgan fingerprint density at radius 3 is 1.03 bits per heavy atom. The summed E-state index contributed by atoms with van der Waals surface area (Å²) < 4.78 is 4.27. The van der Waals surface area contributed by atoms with E-state index >= 15 is 0 Å². The van der Waals surface area contributed by atoms with E-state index in [1.54, 1.807) is 0 Å². The lowest BCUT2D eigenvalue weighted by Crippen LogP contribution is -1.88. The standard InChI is InChI=1S/C31H20Br4/c1-19-8-22(26-11-24(15-30(34)17-26)20-4-2-6-28(32)13-20)10-23(9-19)27-12-25(16-31(35)18-27)21-5-3-7-29(33)14-21/h2-18H,1H3. The Kier molecular flexibility index (Phi) is 7.45. The van der Waals surface area contributed by atoms with E-state index in [1.807, 2.05) is 0 Å². The van der Waals surface area contributed by atoms with Crippen LogP contribution in [0.1, 0.15) is 5.56 Å². The number of hydrogen-bond acceptors (Lipinski definition) is 0. The van der Waals surface area contributed by atoms with Crippen molar-refractivity contribution >= 4 is 63.7 Å². The molecule has 0 nitrogen and oxygen atoms in total. The van der Waals surface area contributed by atoms with Gasteiger partial charge in [-0.1, -0.05) is 100 Å². The fourth-order valence-corrected chi connectivity index (χ4v) is 6.08. The monoisotopic (exact) mass is 708 g/mol. The highest BCUT2D eigenvalue weighted by molar-refractivity contribution is 9.11. The van der Waals surface area contributed by atoms with Crippen LogP contribution < -0.4 is 0 Å². The largest absolute Gasteiger partial charge is 0.0605 e. The molecule has 0 heterocycles. The van der Waals surface area contributed by atoms with Crippen LogP contribution in [0, 0.1) is 6.92 Å². The summed E-state index contributed by atoms with van der Waals surface area (Å²) in [6.45, 7) is 2.16. The Hall–Kier alpha value is -1.98. The SMILES string of the molecule is Cc1cc(-c2cc(Br)cc(-c3cccc(Br)c3)c2)cc(-c2cc(Br)cc(-c3cccc(Br)c3)c2)c1. The Balaban J connectivity index is 1.60. The molecule has 172 valence electrons. The highest BCUT2D eigenvalue weighted by Crippen LogP contribution is 2.36. The third kappa shape index (κ3) is 5.89. The van der Waals surface area contributed by atoms with Gasteiger partial charge in [0.15, 0.2) is 0 Å². The number of halogens is 4. The minimum absolute atomic E-state index is 1.06. The van der Waals surface area contributed by atoms with Crippen LogP contribution in [-0.2, 0) is 0 Å². The molecule has 5 rings (SSSR count). The van der Waals surface area contributed by atoms with E-state index < -0.39 is 0 Å². The van der Waals surface area contributed by atoms with Crippen LogP contribution in [0.3, 0.4) is 0 Å². The minimum Gasteiger partial charge on any atom is -0.0605 e. The third-order valence-electron chi connectivity index (χ3n) is 5.86. The van der Waals surface area contributed by atoms with E-state index in [2.05, 4.69) is 174 Å². The van der Waals surface area contributed by atoms with Crippen LogP contribution >= 0.6 is 63.7 Å². The molecule has 0 bridgehead atoms. The summed E-state index contributed by atoms with van der Waals surface area (Å²) in [5.74, 6) is 0. The fraction of sp³-hybridized carbons (Fsp3) is 0.0323. The van der Waals surface area contributed by atoms with Crippen molar-refractivity contribution in [2.24, 2.45) is 0 Å². The van der Waals surface area contributed by atoms with Crippen molar-refractivity contribution in [3.8, 4) is 44.5 Å². The molecule has 0 amide bonds. The van der Waals surface area contributed by atoms with Crippen LogP contribution in [0.4, 0.5) is 0 Å². The third-order valence-corrected chi connectivity index (χ3v) is 7.76. The first-order valence-corrected chi connectivity index (χ1v) is 14.3. The summed E-state index contributed by atoms with van der Waals surface area (Å²) in [6, 6.07) is 36.9. The summed E-state index contributed by atoms with van der Waals surface area (Å²) in [7, 11) is 0. The summed E-state index contributed by atoms with van der Waals surface area (Å²) >= 11 is 14.7. The first kappa shape index (κ1) is 24.7. The van der Waals surface area contributed by atoms with Crippen LogP contribution in [0.15, 0.2) is 121 Å². The second kappa shape index (κ2) is 10.6. The molecule has 0 atom stereocenters. The molecule has 0 aliphatic heterocycles. The van der Waals surface area contributed by atoms with Crippen LogP contribution in [-0.4, -0.2) is 0 Å². The molecule has 35 heavy (non-hydrogen) atoms. The van der Waals surface area contributed by atoms with Crippen molar-refractivity contribution in [1.29, 1.82) is 0 Å². The van der Waals surface area contributed by atoms with Gasteiger partial charge in [0.2, 0.25) is 0 Å². The quantitative estimate of drug-likeness (QED) is 0.174. The zero-order chi connectivity index (χ0) is 24.5. The molecule has 0 saturated carbocycles. The minimum atomic E-state index is 1.06. The smallest absolute Gasteiger partial charge is 0.0187 e. The van der Waals surface area contributed by atoms with Gasteiger partial charge >= 0.3 is 0 Å². The predicted octanol–water partition coefficient (Wildman–Crippen LogP) is 11.7. The maximum absolute atomic E-state index is 3.74. The lowest BCUT2D eigenvalue weighted by molar-refractivity contribution is 1.45. The molecule has 5 aromatic rings. The van der Waals surface area contributed by atoms with Gasteiger partial charge in [-0.3, -0.25) is 0 Å². The molecule has 0 fully saturated rings. The molecule has 0 aliphatic rings. The Labute approximate surface area is 239 Å². The van der Waals surface area contributed by atoms with Crippen molar-refractivity contribution in [1.82, 2.24) is 0 Å². The van der Waals surface area contributed by atoms with Crippen LogP contribution in [0.2, 0.25) is 0 Å². The molecule has 4 heteroatoms. The van der Waals surface area contributed by atoms with Gasteiger partial charge < -0.3 is 0 Å². The van der Waals surface area contributed by atoms with Crippen molar-refractivity contribution < 1.29 is 0 Å². The van der Waals surface area contributed by atoms with Gasteiger partial charge in [0.1, 0.15) is 0 Å². The van der Waals surface area contributed by atoms with Crippen molar-refractivity contribution in [3.63, 3.8) is 0 Å². The molecule has 0 N–H and O–H groups in total. The average Bonchev–Trinajstić information content (AvgIpc) is 2.83. The normalized spacial score (nSPS) is 11.0. The van der Waals surface area contributed by atoms with Crippen molar-refractivity contribution in [2.45, 2.75) is 6.92 Å². The lowest BCUT2D eigenvalue weighted by atomic mass is 9.93. The molecule has 0 aromatic heterocycles. The predicted molar refractivity (Wildman–Crippen MR) is 164 cm³/mol. The summed E-state index contributed by atoms with van der Waals surface area (Å²) in [4.78, 5) is 0. The van der Waals surface area contributed by atoms with Gasteiger partial charge in [-0.2, -0.15) is 0 Å². The molecular weight excluding hydrogens is 692 g/mol. The Bertz CT molecular complexity index is 1440. The van der Waals surface area contributed by atoms with Gasteiger partial charge in [0.25, 0.3) is 0 Å². The number of hydrogen-bond donors (Lipinski definition) is 0. The Morgan fingerprint density at radius 2 is 0.657 bits per heavy atom. The number of rotatable bonds is 4. The second-order valence-electron chi connectivity index (χ2n) is 8.57. The summed E-state index contributed by atoms with van der Waals surface area (Å²) in [6.07, 6.45) is 0. The van der Waals surface area contributed by atoms with E-state index in [0.29, 0.717) is 0 Å². The van der Waals surface area contributed by atoms with E-state index in [9.17, 15) is 0 Å². The second-order valence-corrected chi connectivity index (χ2v) is 12.2. The van der Waals surface area contributed by atoms with E-state index in [1.165, 1.54) is 50.1 Å². The highest BCUT2D eigenvalue weighted by atomic mass is 79.9.